The van der Waals surface area contributed by atoms with Gasteiger partial charge in [-0.15, -0.1) is 0 Å². The topological polar surface area (TPSA) is 48.5 Å². The first-order valence-corrected chi connectivity index (χ1v) is 13.3. The van der Waals surface area contributed by atoms with Crippen LogP contribution < -0.4 is 0 Å². The third-order valence-electron chi connectivity index (χ3n) is 7.42. The van der Waals surface area contributed by atoms with E-state index in [1.54, 1.807) is 0 Å². The summed E-state index contributed by atoms with van der Waals surface area (Å²) in [6.45, 7) is 0. The molecule has 0 saturated heterocycles. The van der Waals surface area contributed by atoms with Gasteiger partial charge in [0.25, 0.3) is 0 Å². The molecule has 5 aromatic carbocycles. The van der Waals surface area contributed by atoms with Gasteiger partial charge in [-0.25, -0.2) is 15.0 Å². The molecular formula is C35H23N5. The van der Waals surface area contributed by atoms with Crippen molar-refractivity contribution in [2.24, 2.45) is 0 Å². The van der Waals surface area contributed by atoms with E-state index in [1.165, 1.54) is 0 Å². The van der Waals surface area contributed by atoms with E-state index in [-0.39, 0.29) is 0 Å². The predicted octanol–water partition coefficient (Wildman–Crippen LogP) is 8.25. The number of fused-ring (bicyclic) bond motifs is 5. The number of rotatable bonds is 4. The Hall–Kier alpha value is -5.55. The summed E-state index contributed by atoms with van der Waals surface area (Å²) in [7, 11) is 0. The molecule has 3 heterocycles. The summed E-state index contributed by atoms with van der Waals surface area (Å²) >= 11 is 0. The Labute approximate surface area is 230 Å². The van der Waals surface area contributed by atoms with Crippen LogP contribution in [0, 0.1) is 0 Å². The van der Waals surface area contributed by atoms with Crippen LogP contribution in [-0.4, -0.2) is 24.1 Å². The second-order valence-electron chi connectivity index (χ2n) is 9.76. The number of nitrogens with zero attached hydrogens (tertiary/aromatic N) is 5. The minimum absolute atomic E-state index is 0.637. The zero-order chi connectivity index (χ0) is 26.5. The summed E-state index contributed by atoms with van der Waals surface area (Å²) in [5.74, 6) is 1.55. The molecule has 0 aliphatic rings. The lowest BCUT2D eigenvalue weighted by Crippen LogP contribution is -2.01. The lowest BCUT2D eigenvalue weighted by molar-refractivity contribution is 0.992. The number of hydrogen-bond acceptors (Lipinski definition) is 3. The fourth-order valence-corrected chi connectivity index (χ4v) is 5.66. The lowest BCUT2D eigenvalue weighted by Gasteiger charge is -2.10. The van der Waals surface area contributed by atoms with Gasteiger partial charge in [-0.2, -0.15) is 0 Å². The average molecular weight is 514 g/mol. The van der Waals surface area contributed by atoms with Crippen LogP contribution in [0.1, 0.15) is 0 Å². The second-order valence-corrected chi connectivity index (χ2v) is 9.76. The number of hydrogen-bond donors (Lipinski definition) is 0. The maximum atomic E-state index is 5.32. The molecule has 0 fully saturated rings. The largest absolute Gasteiger partial charge is 0.292 e. The minimum Gasteiger partial charge on any atom is -0.292 e. The number of benzene rings is 5. The molecule has 3 aromatic heterocycles. The predicted molar refractivity (Wildman–Crippen MR) is 162 cm³/mol. The maximum absolute atomic E-state index is 5.32. The first-order chi connectivity index (χ1) is 19.9. The van der Waals surface area contributed by atoms with E-state index in [9.17, 15) is 0 Å². The number of imidazole rings is 1. The van der Waals surface area contributed by atoms with Gasteiger partial charge in [-0.1, -0.05) is 97.1 Å². The van der Waals surface area contributed by atoms with Crippen molar-refractivity contribution in [3.05, 3.63) is 140 Å². The van der Waals surface area contributed by atoms with Crippen molar-refractivity contribution in [3.8, 4) is 34.3 Å². The van der Waals surface area contributed by atoms with Crippen molar-refractivity contribution in [2.45, 2.75) is 0 Å². The average Bonchev–Trinajstić information content (AvgIpc) is 3.59. The molecule has 0 N–H and O–H groups in total. The molecule has 8 aromatic rings. The Morgan fingerprint density at radius 1 is 0.475 bits per heavy atom. The summed E-state index contributed by atoms with van der Waals surface area (Å²) in [5.41, 5.74) is 8.17. The van der Waals surface area contributed by atoms with Crippen LogP contribution in [0.2, 0.25) is 0 Å². The molecule has 5 nitrogen and oxygen atoms in total. The van der Waals surface area contributed by atoms with Crippen molar-refractivity contribution in [3.63, 3.8) is 0 Å². The molecule has 0 bridgehead atoms. The van der Waals surface area contributed by atoms with E-state index in [1.807, 2.05) is 42.6 Å². The van der Waals surface area contributed by atoms with Gasteiger partial charge >= 0.3 is 0 Å². The summed E-state index contributed by atoms with van der Waals surface area (Å²) in [6, 6.07) is 45.8. The van der Waals surface area contributed by atoms with Crippen LogP contribution in [-0.2, 0) is 0 Å². The van der Waals surface area contributed by atoms with Crippen molar-refractivity contribution in [2.75, 3.05) is 0 Å². The van der Waals surface area contributed by atoms with Crippen LogP contribution in [0.4, 0.5) is 0 Å². The highest BCUT2D eigenvalue weighted by molar-refractivity contribution is 6.20. The monoisotopic (exact) mass is 513 g/mol. The van der Waals surface area contributed by atoms with E-state index in [0.717, 1.165) is 61.2 Å². The Kier molecular flexibility index (Phi) is 5.07. The quantitative estimate of drug-likeness (QED) is 0.238. The normalized spacial score (nSPS) is 11.5. The van der Waals surface area contributed by atoms with E-state index >= 15 is 0 Å². The molecule has 5 heteroatoms. The molecule has 0 aliphatic heterocycles. The molecule has 40 heavy (non-hydrogen) atoms. The Balaban J connectivity index is 1.46. The van der Waals surface area contributed by atoms with E-state index in [2.05, 4.69) is 106 Å². The summed E-state index contributed by atoms with van der Waals surface area (Å²) < 4.78 is 4.41. The van der Waals surface area contributed by atoms with Crippen LogP contribution in [0.5, 0.6) is 0 Å². The smallest absolute Gasteiger partial charge is 0.235 e. The van der Waals surface area contributed by atoms with Gasteiger partial charge in [-0.05, 0) is 36.4 Å². The highest BCUT2D eigenvalue weighted by Gasteiger charge is 2.21. The first-order valence-electron chi connectivity index (χ1n) is 13.3. The van der Waals surface area contributed by atoms with E-state index in [4.69, 9.17) is 15.0 Å². The molecule has 0 aliphatic carbocycles. The molecule has 8 rings (SSSR count). The van der Waals surface area contributed by atoms with Crippen molar-refractivity contribution in [1.82, 2.24) is 24.1 Å². The minimum atomic E-state index is 0.637. The van der Waals surface area contributed by atoms with Crippen LogP contribution in [0.15, 0.2) is 140 Å². The number of para-hydroxylation sites is 2. The molecular weight excluding hydrogens is 490 g/mol. The zero-order valence-corrected chi connectivity index (χ0v) is 21.5. The van der Waals surface area contributed by atoms with Gasteiger partial charge in [0.2, 0.25) is 5.95 Å². The molecule has 0 unspecified atom stereocenters. The van der Waals surface area contributed by atoms with E-state index < -0.39 is 0 Å². The summed E-state index contributed by atoms with van der Waals surface area (Å²) in [6.07, 6.45) is 1.83. The standard InChI is InChI=1S/C35H23N5/c1-4-12-24(13-5-1)28-22-23-36-35(37-28)40-29-19-11-10-18-27(29)32-30(40)20-21-31-33(32)38-34(25-14-6-2-7-15-25)39(31)26-16-8-3-9-17-26/h1-23H. The molecule has 0 radical (unpaired) electrons. The van der Waals surface area contributed by atoms with Crippen molar-refractivity contribution < 1.29 is 0 Å². The van der Waals surface area contributed by atoms with Gasteiger partial charge in [0, 0.05) is 33.8 Å². The van der Waals surface area contributed by atoms with Gasteiger partial charge in [-0.3, -0.25) is 9.13 Å². The van der Waals surface area contributed by atoms with Gasteiger partial charge in [0.15, 0.2) is 0 Å². The fourth-order valence-electron chi connectivity index (χ4n) is 5.66. The van der Waals surface area contributed by atoms with Crippen LogP contribution in [0.3, 0.4) is 0 Å². The molecule has 0 saturated carbocycles. The lowest BCUT2D eigenvalue weighted by atomic mass is 10.1. The first kappa shape index (κ1) is 22.4. The molecule has 0 atom stereocenters. The zero-order valence-electron chi connectivity index (χ0n) is 21.5. The van der Waals surface area contributed by atoms with Crippen LogP contribution in [0.25, 0.3) is 67.1 Å². The summed E-state index contributed by atoms with van der Waals surface area (Å²) in [5, 5.41) is 2.21. The third-order valence-corrected chi connectivity index (χ3v) is 7.42. The highest BCUT2D eigenvalue weighted by Crippen LogP contribution is 2.38. The summed E-state index contributed by atoms with van der Waals surface area (Å²) in [4.78, 5) is 15.1. The molecule has 0 amide bonds. The molecule has 188 valence electrons. The second kappa shape index (κ2) is 9.03. The Morgan fingerprint density at radius 3 is 1.90 bits per heavy atom. The van der Waals surface area contributed by atoms with Crippen molar-refractivity contribution >= 4 is 32.8 Å². The maximum Gasteiger partial charge on any atom is 0.235 e. The van der Waals surface area contributed by atoms with Crippen molar-refractivity contribution in [1.29, 1.82) is 0 Å². The number of aromatic nitrogens is 5. The van der Waals surface area contributed by atoms with Gasteiger partial charge < -0.3 is 0 Å². The Bertz CT molecular complexity index is 2140. The molecule has 0 spiro atoms. The third kappa shape index (κ3) is 3.45. The van der Waals surface area contributed by atoms with E-state index in [0.29, 0.717) is 5.95 Å². The Morgan fingerprint density at radius 2 is 1.12 bits per heavy atom. The fraction of sp³-hybridized carbons (Fsp3) is 0. The van der Waals surface area contributed by atoms with Gasteiger partial charge in [0.05, 0.1) is 27.8 Å². The van der Waals surface area contributed by atoms with Crippen LogP contribution >= 0.6 is 0 Å². The SMILES string of the molecule is c1ccc(-c2ccnc(-n3c4ccccc4c4c5nc(-c6ccccc6)n(-c6ccccc6)c5ccc43)n2)cc1. The van der Waals surface area contributed by atoms with Gasteiger partial charge in [0.1, 0.15) is 5.82 Å². The highest BCUT2D eigenvalue weighted by atomic mass is 15.2.